The van der Waals surface area contributed by atoms with Crippen LogP contribution < -0.4 is 10.5 Å². The molecule has 6 nitrogen and oxygen atoms in total. The number of anilines is 1. The number of hydrogen-bond acceptors (Lipinski definition) is 5. The van der Waals surface area contributed by atoms with E-state index in [0.29, 0.717) is 24.3 Å². The van der Waals surface area contributed by atoms with Gasteiger partial charge in [-0.2, -0.15) is 0 Å². The highest BCUT2D eigenvalue weighted by Crippen LogP contribution is 2.56. The van der Waals surface area contributed by atoms with Gasteiger partial charge in [0, 0.05) is 43.0 Å². The zero-order valence-corrected chi connectivity index (χ0v) is 16.4. The zero-order chi connectivity index (χ0) is 21.8. The van der Waals surface area contributed by atoms with Crippen LogP contribution in [0.1, 0.15) is 31.6 Å². The molecule has 30 heavy (non-hydrogen) atoms. The van der Waals surface area contributed by atoms with Gasteiger partial charge in [-0.25, -0.2) is 18.7 Å². The third-order valence-corrected chi connectivity index (χ3v) is 5.62. The molecule has 2 N–H and O–H groups in total. The third kappa shape index (κ3) is 4.07. The number of nitrogens with two attached hydrogens (primary N) is 1. The molecule has 0 amide bonds. The molecule has 4 rings (SSSR count). The van der Waals surface area contributed by atoms with E-state index in [4.69, 9.17) is 5.73 Å². The first kappa shape index (κ1) is 20.8. The molecule has 1 aliphatic carbocycles. The van der Waals surface area contributed by atoms with Gasteiger partial charge >= 0.3 is 6.36 Å². The highest BCUT2D eigenvalue weighted by Gasteiger charge is 2.57. The third-order valence-electron chi connectivity index (χ3n) is 5.62. The van der Waals surface area contributed by atoms with Crippen LogP contribution in [-0.2, 0) is 0 Å². The smallest absolute Gasteiger partial charge is 0.402 e. The Morgan fingerprint density at radius 2 is 1.90 bits per heavy atom. The Morgan fingerprint density at radius 1 is 1.23 bits per heavy atom. The average Bonchev–Trinajstić information content (AvgIpc) is 2.97. The number of nitrogen functional groups attached to an aromatic ring is 1. The van der Waals surface area contributed by atoms with E-state index in [0.717, 1.165) is 5.82 Å². The molecule has 0 spiro atoms. The number of pyridine rings is 1. The Labute approximate surface area is 169 Å². The minimum absolute atomic E-state index is 0.0740. The fourth-order valence-electron chi connectivity index (χ4n) is 4.35. The first-order valence-electron chi connectivity index (χ1n) is 9.64. The van der Waals surface area contributed by atoms with Crippen LogP contribution in [0.3, 0.4) is 0 Å². The predicted molar refractivity (Wildman–Crippen MR) is 99.1 cm³/mol. The van der Waals surface area contributed by atoms with Gasteiger partial charge in [0.05, 0.1) is 12.2 Å². The summed E-state index contributed by atoms with van der Waals surface area (Å²) in [6.07, 6.45) is -4.08. The number of rotatable bonds is 6. The number of aromatic nitrogens is 3. The molecular formula is C19H22F5N5O. The minimum Gasteiger partial charge on any atom is -0.402 e. The summed E-state index contributed by atoms with van der Waals surface area (Å²) in [5.41, 5.74) is 6.33. The number of piperidine rings is 1. The van der Waals surface area contributed by atoms with E-state index < -0.39 is 18.5 Å². The quantitative estimate of drug-likeness (QED) is 0.703. The maximum Gasteiger partial charge on any atom is 0.573 e. The van der Waals surface area contributed by atoms with Crippen LogP contribution in [-0.4, -0.2) is 51.9 Å². The topological polar surface area (TPSA) is 69.2 Å². The van der Waals surface area contributed by atoms with Gasteiger partial charge in [0.2, 0.25) is 0 Å². The van der Waals surface area contributed by atoms with Gasteiger partial charge in [0.15, 0.2) is 11.6 Å². The second-order valence-corrected chi connectivity index (χ2v) is 8.13. The summed E-state index contributed by atoms with van der Waals surface area (Å²) >= 11 is 0. The second-order valence-electron chi connectivity index (χ2n) is 8.13. The second kappa shape index (κ2) is 7.36. The number of fused-ring (bicyclic) bond motifs is 1. The van der Waals surface area contributed by atoms with Crippen molar-refractivity contribution in [2.45, 2.75) is 38.6 Å². The van der Waals surface area contributed by atoms with E-state index in [2.05, 4.69) is 14.7 Å². The molecule has 0 aromatic carbocycles. The van der Waals surface area contributed by atoms with Crippen LogP contribution >= 0.6 is 0 Å². The summed E-state index contributed by atoms with van der Waals surface area (Å²) < 4.78 is 69.1. The van der Waals surface area contributed by atoms with Crippen LogP contribution in [0.2, 0.25) is 0 Å². The van der Waals surface area contributed by atoms with Crippen LogP contribution in [0.4, 0.5) is 27.8 Å². The van der Waals surface area contributed by atoms with Gasteiger partial charge in [0.1, 0.15) is 5.82 Å². The summed E-state index contributed by atoms with van der Waals surface area (Å²) in [7, 11) is 0. The minimum atomic E-state index is -4.88. The van der Waals surface area contributed by atoms with Crippen LogP contribution in [0.25, 0.3) is 11.3 Å². The molecule has 2 fully saturated rings. The van der Waals surface area contributed by atoms with Gasteiger partial charge in [-0.3, -0.25) is 4.90 Å². The summed E-state index contributed by atoms with van der Waals surface area (Å²) in [6.45, 7) is 4.95. The lowest BCUT2D eigenvalue weighted by Gasteiger charge is -2.20. The number of ether oxygens (including phenoxy) is 1. The summed E-state index contributed by atoms with van der Waals surface area (Å²) in [4.78, 5) is 10.2. The number of imidazole rings is 1. The number of hydrogen-bond donors (Lipinski definition) is 1. The molecule has 1 aliphatic heterocycles. The normalized spacial score (nSPS) is 24.0. The molecule has 2 aliphatic rings. The monoisotopic (exact) mass is 431 g/mol. The van der Waals surface area contributed by atoms with Crippen molar-refractivity contribution in [2.75, 3.05) is 25.4 Å². The SMILES string of the molecule is CC(C)c1nc(-c2cnc(N)c(OC(F)(F)F)c2)cn1[C@@H]1[C@@H]2CN(CC(F)F)C[C@@H]21. The molecule has 2 aromatic rings. The van der Waals surface area contributed by atoms with Crippen molar-refractivity contribution < 1.29 is 26.7 Å². The molecule has 1 saturated carbocycles. The van der Waals surface area contributed by atoms with Gasteiger partial charge in [-0.05, 0) is 17.9 Å². The van der Waals surface area contributed by atoms with Gasteiger partial charge < -0.3 is 15.0 Å². The molecule has 3 atom stereocenters. The lowest BCUT2D eigenvalue weighted by Crippen LogP contribution is -2.30. The van der Waals surface area contributed by atoms with Crippen molar-refractivity contribution in [1.82, 2.24) is 19.4 Å². The van der Waals surface area contributed by atoms with Crippen molar-refractivity contribution in [3.8, 4) is 17.0 Å². The molecular weight excluding hydrogens is 409 g/mol. The van der Waals surface area contributed by atoms with E-state index in [1.54, 1.807) is 11.1 Å². The highest BCUT2D eigenvalue weighted by molar-refractivity contribution is 5.64. The first-order valence-corrected chi connectivity index (χ1v) is 9.64. The Hall–Kier alpha value is -2.43. The van der Waals surface area contributed by atoms with E-state index in [1.807, 2.05) is 18.4 Å². The molecule has 0 unspecified atom stereocenters. The number of alkyl halides is 5. The van der Waals surface area contributed by atoms with Crippen LogP contribution in [0.15, 0.2) is 18.5 Å². The maximum absolute atomic E-state index is 12.6. The van der Waals surface area contributed by atoms with Gasteiger partial charge in [-0.15, -0.1) is 13.2 Å². The standard InChI is InChI=1S/C19H22F5N5O/c1-9(2)18-27-13(10-3-14(17(25)26-4-10)30-19(22,23)24)7-29(18)16-11-5-28(6-12(11)16)8-15(20)21/h3-4,7,9,11-12,15-16H,5-6,8H2,1-2H3,(H2,25,26)/t11-,12+,16-. The Balaban J connectivity index is 1.59. The van der Waals surface area contributed by atoms with Crippen LogP contribution in [0, 0.1) is 11.8 Å². The predicted octanol–water partition coefficient (Wildman–Crippen LogP) is 3.92. The highest BCUT2D eigenvalue weighted by atomic mass is 19.4. The van der Waals surface area contributed by atoms with Crippen LogP contribution in [0.5, 0.6) is 5.75 Å². The van der Waals surface area contributed by atoms with Crippen molar-refractivity contribution in [1.29, 1.82) is 0 Å². The van der Waals surface area contributed by atoms with Crippen molar-refractivity contribution in [3.05, 3.63) is 24.3 Å². The van der Waals surface area contributed by atoms with E-state index in [-0.39, 0.29) is 36.2 Å². The zero-order valence-electron chi connectivity index (χ0n) is 16.4. The fourth-order valence-corrected chi connectivity index (χ4v) is 4.35. The average molecular weight is 431 g/mol. The van der Waals surface area contributed by atoms with Gasteiger partial charge in [-0.1, -0.05) is 13.8 Å². The Kier molecular flexibility index (Phi) is 5.11. The first-order chi connectivity index (χ1) is 14.0. The number of likely N-dealkylation sites (tertiary alicyclic amines) is 1. The molecule has 2 aromatic heterocycles. The number of halogens is 5. The summed E-state index contributed by atoms with van der Waals surface area (Å²) in [6, 6.07) is 1.33. The summed E-state index contributed by atoms with van der Waals surface area (Å²) in [5.74, 6) is 0.473. The molecule has 1 saturated heterocycles. The van der Waals surface area contributed by atoms with E-state index in [1.165, 1.54) is 12.3 Å². The van der Waals surface area contributed by atoms with E-state index in [9.17, 15) is 22.0 Å². The maximum atomic E-state index is 12.6. The fraction of sp³-hybridized carbons (Fsp3) is 0.579. The van der Waals surface area contributed by atoms with E-state index >= 15 is 0 Å². The molecule has 164 valence electrons. The lowest BCUT2D eigenvalue weighted by molar-refractivity contribution is -0.274. The summed E-state index contributed by atoms with van der Waals surface area (Å²) in [5, 5.41) is 0. The van der Waals surface area contributed by atoms with Crippen molar-refractivity contribution in [2.24, 2.45) is 11.8 Å². The Bertz CT molecular complexity index is 917. The molecule has 0 bridgehead atoms. The number of nitrogens with zero attached hydrogens (tertiary/aromatic N) is 4. The largest absolute Gasteiger partial charge is 0.573 e. The molecule has 11 heteroatoms. The van der Waals surface area contributed by atoms with Crippen molar-refractivity contribution >= 4 is 5.82 Å². The molecule has 0 radical (unpaired) electrons. The van der Waals surface area contributed by atoms with Gasteiger partial charge in [0.25, 0.3) is 6.43 Å². The molecule has 3 heterocycles. The van der Waals surface area contributed by atoms with Crippen molar-refractivity contribution in [3.63, 3.8) is 0 Å². The Morgan fingerprint density at radius 3 is 2.47 bits per heavy atom. The lowest BCUT2D eigenvalue weighted by atomic mass is 10.2.